The van der Waals surface area contributed by atoms with E-state index in [4.69, 9.17) is 5.73 Å². The first-order chi connectivity index (χ1) is 8.56. The Labute approximate surface area is 113 Å². The number of carbonyl (C=O) groups excluding carboxylic acids is 1. The fraction of sp³-hybridized carbons (Fsp3) is 0. The van der Waals surface area contributed by atoms with Crippen molar-refractivity contribution in [2.45, 2.75) is 0 Å². The van der Waals surface area contributed by atoms with Crippen molar-refractivity contribution in [1.29, 1.82) is 0 Å². The molecule has 2 aromatic carbocycles. The number of benzene rings is 2. The van der Waals surface area contributed by atoms with Crippen molar-refractivity contribution >= 4 is 33.2 Å². The number of phenols is 1. The van der Waals surface area contributed by atoms with E-state index in [1.807, 2.05) is 0 Å². The summed E-state index contributed by atoms with van der Waals surface area (Å²) in [5, 5.41) is 12.2. The second-order valence-corrected chi connectivity index (χ2v) is 4.66. The van der Waals surface area contributed by atoms with Gasteiger partial charge in [-0.05, 0) is 30.3 Å². The number of halogens is 1. The summed E-state index contributed by atoms with van der Waals surface area (Å²) >= 11 is 3.27. The molecular formula is C13H11BrN2O2. The molecule has 0 spiro atoms. The van der Waals surface area contributed by atoms with Crippen molar-refractivity contribution < 1.29 is 9.90 Å². The van der Waals surface area contributed by atoms with Gasteiger partial charge in [-0.3, -0.25) is 4.79 Å². The standard InChI is InChI=1S/C13H11BrN2O2/c14-9-5-8(6-10(15)7-9)13(18)16-11-3-1-2-4-12(11)17/h1-7,17H,15H2,(H,16,18). The first-order valence-electron chi connectivity index (χ1n) is 5.21. The fourth-order valence-electron chi connectivity index (χ4n) is 1.52. The van der Waals surface area contributed by atoms with Gasteiger partial charge >= 0.3 is 0 Å². The molecule has 4 nitrogen and oxygen atoms in total. The van der Waals surface area contributed by atoms with Crippen molar-refractivity contribution in [2.24, 2.45) is 0 Å². The Kier molecular flexibility index (Phi) is 3.53. The van der Waals surface area contributed by atoms with Gasteiger partial charge in [0.15, 0.2) is 0 Å². The van der Waals surface area contributed by atoms with E-state index in [0.717, 1.165) is 4.47 Å². The Morgan fingerprint density at radius 2 is 1.94 bits per heavy atom. The number of aromatic hydroxyl groups is 1. The minimum Gasteiger partial charge on any atom is -0.506 e. The number of para-hydroxylation sites is 2. The monoisotopic (exact) mass is 306 g/mol. The minimum absolute atomic E-state index is 0.0221. The quantitative estimate of drug-likeness (QED) is 0.590. The molecule has 0 unspecified atom stereocenters. The second-order valence-electron chi connectivity index (χ2n) is 3.74. The molecule has 0 aliphatic carbocycles. The summed E-state index contributed by atoms with van der Waals surface area (Å²) in [6.45, 7) is 0. The highest BCUT2D eigenvalue weighted by atomic mass is 79.9. The number of amides is 1. The van der Waals surface area contributed by atoms with Crippen molar-refractivity contribution in [3.05, 3.63) is 52.5 Å². The highest BCUT2D eigenvalue weighted by Gasteiger charge is 2.09. The van der Waals surface area contributed by atoms with Crippen LogP contribution >= 0.6 is 15.9 Å². The maximum Gasteiger partial charge on any atom is 0.255 e. The molecule has 0 heterocycles. The molecule has 0 saturated heterocycles. The number of hydrogen-bond donors (Lipinski definition) is 3. The van der Waals surface area contributed by atoms with Crippen molar-refractivity contribution in [2.75, 3.05) is 11.1 Å². The molecule has 4 N–H and O–H groups in total. The van der Waals surface area contributed by atoms with Crippen LogP contribution in [0, 0.1) is 0 Å². The van der Waals surface area contributed by atoms with Crippen LogP contribution in [0.5, 0.6) is 5.75 Å². The van der Waals surface area contributed by atoms with Gasteiger partial charge in [0, 0.05) is 15.7 Å². The van der Waals surface area contributed by atoms with Gasteiger partial charge in [-0.2, -0.15) is 0 Å². The second kappa shape index (κ2) is 5.10. The zero-order valence-corrected chi connectivity index (χ0v) is 10.9. The number of carbonyl (C=O) groups is 1. The van der Waals surface area contributed by atoms with Crippen LogP contribution in [0.2, 0.25) is 0 Å². The van der Waals surface area contributed by atoms with Crippen molar-refractivity contribution in [1.82, 2.24) is 0 Å². The number of hydrogen-bond acceptors (Lipinski definition) is 3. The molecule has 2 rings (SSSR count). The fourth-order valence-corrected chi connectivity index (χ4v) is 2.03. The number of nitrogen functional groups attached to an aromatic ring is 1. The smallest absolute Gasteiger partial charge is 0.255 e. The van der Waals surface area contributed by atoms with E-state index in [-0.39, 0.29) is 11.7 Å². The minimum atomic E-state index is -0.329. The van der Waals surface area contributed by atoms with Crippen LogP contribution in [0.15, 0.2) is 46.9 Å². The average Bonchev–Trinajstić information content (AvgIpc) is 2.31. The van der Waals surface area contributed by atoms with E-state index < -0.39 is 0 Å². The summed E-state index contributed by atoms with van der Waals surface area (Å²) in [6.07, 6.45) is 0. The zero-order chi connectivity index (χ0) is 13.1. The molecule has 5 heteroatoms. The molecule has 0 aromatic heterocycles. The van der Waals surface area contributed by atoms with Crippen LogP contribution < -0.4 is 11.1 Å². The van der Waals surface area contributed by atoms with Gasteiger partial charge in [-0.1, -0.05) is 28.1 Å². The number of rotatable bonds is 2. The summed E-state index contributed by atoms with van der Waals surface area (Å²) in [4.78, 5) is 12.0. The SMILES string of the molecule is Nc1cc(Br)cc(C(=O)Nc2ccccc2O)c1. The lowest BCUT2D eigenvalue weighted by atomic mass is 10.2. The average molecular weight is 307 g/mol. The van der Waals surface area contributed by atoms with Gasteiger partial charge in [-0.25, -0.2) is 0 Å². The molecular weight excluding hydrogens is 296 g/mol. The van der Waals surface area contributed by atoms with Gasteiger partial charge in [0.25, 0.3) is 5.91 Å². The Bertz CT molecular complexity index is 579. The van der Waals surface area contributed by atoms with E-state index in [1.165, 1.54) is 6.07 Å². The first-order valence-corrected chi connectivity index (χ1v) is 6.01. The number of nitrogens with two attached hydrogens (primary N) is 1. The van der Waals surface area contributed by atoms with Crippen LogP contribution in [0.1, 0.15) is 10.4 Å². The predicted octanol–water partition coefficient (Wildman–Crippen LogP) is 2.99. The first kappa shape index (κ1) is 12.4. The van der Waals surface area contributed by atoms with Crippen molar-refractivity contribution in [3.8, 4) is 5.75 Å². The highest BCUT2D eigenvalue weighted by molar-refractivity contribution is 9.10. The third-order valence-corrected chi connectivity index (χ3v) is 2.79. The molecule has 0 aliphatic heterocycles. The third kappa shape index (κ3) is 2.81. The number of anilines is 2. The van der Waals surface area contributed by atoms with Crippen LogP contribution in [0.4, 0.5) is 11.4 Å². The highest BCUT2D eigenvalue weighted by Crippen LogP contribution is 2.23. The van der Waals surface area contributed by atoms with E-state index in [9.17, 15) is 9.90 Å². The molecule has 0 saturated carbocycles. The van der Waals surface area contributed by atoms with Crippen LogP contribution in [0.3, 0.4) is 0 Å². The van der Waals surface area contributed by atoms with Crippen LogP contribution in [-0.2, 0) is 0 Å². The molecule has 92 valence electrons. The van der Waals surface area contributed by atoms with E-state index in [2.05, 4.69) is 21.2 Å². The molecule has 18 heavy (non-hydrogen) atoms. The normalized spacial score (nSPS) is 10.1. The van der Waals surface area contributed by atoms with Gasteiger partial charge in [-0.15, -0.1) is 0 Å². The predicted molar refractivity (Wildman–Crippen MR) is 74.6 cm³/mol. The molecule has 2 aromatic rings. The van der Waals surface area contributed by atoms with Crippen LogP contribution in [-0.4, -0.2) is 11.0 Å². The van der Waals surface area contributed by atoms with E-state index in [0.29, 0.717) is 16.9 Å². The Morgan fingerprint density at radius 3 is 2.61 bits per heavy atom. The summed E-state index contributed by atoms with van der Waals surface area (Å²) in [7, 11) is 0. The Morgan fingerprint density at radius 1 is 1.22 bits per heavy atom. The summed E-state index contributed by atoms with van der Waals surface area (Å²) < 4.78 is 0.727. The molecule has 0 bridgehead atoms. The molecule has 0 fully saturated rings. The van der Waals surface area contributed by atoms with E-state index in [1.54, 1.807) is 36.4 Å². The van der Waals surface area contributed by atoms with Gasteiger partial charge in [0.1, 0.15) is 5.75 Å². The largest absolute Gasteiger partial charge is 0.506 e. The van der Waals surface area contributed by atoms with Gasteiger partial charge < -0.3 is 16.2 Å². The zero-order valence-electron chi connectivity index (χ0n) is 9.35. The summed E-state index contributed by atoms with van der Waals surface area (Å²) in [5.74, 6) is -0.307. The summed E-state index contributed by atoms with van der Waals surface area (Å²) in [5.41, 5.74) is 6.94. The third-order valence-electron chi connectivity index (χ3n) is 2.33. The number of nitrogens with one attached hydrogen (secondary N) is 1. The lowest BCUT2D eigenvalue weighted by molar-refractivity contribution is 0.102. The maximum absolute atomic E-state index is 12.0. The maximum atomic E-state index is 12.0. The lowest BCUT2D eigenvalue weighted by Crippen LogP contribution is -2.12. The Hall–Kier alpha value is -2.01. The van der Waals surface area contributed by atoms with Gasteiger partial charge in [0.05, 0.1) is 5.69 Å². The van der Waals surface area contributed by atoms with E-state index >= 15 is 0 Å². The topological polar surface area (TPSA) is 75.4 Å². The van der Waals surface area contributed by atoms with Crippen molar-refractivity contribution in [3.63, 3.8) is 0 Å². The molecule has 0 atom stereocenters. The Balaban J connectivity index is 2.25. The molecule has 0 aliphatic rings. The molecule has 0 radical (unpaired) electrons. The van der Waals surface area contributed by atoms with Crippen LogP contribution in [0.25, 0.3) is 0 Å². The molecule has 1 amide bonds. The summed E-state index contributed by atoms with van der Waals surface area (Å²) in [6, 6.07) is 11.5. The lowest BCUT2D eigenvalue weighted by Gasteiger charge is -2.08. The van der Waals surface area contributed by atoms with Gasteiger partial charge in [0.2, 0.25) is 0 Å². The number of phenolic OH excluding ortho intramolecular Hbond substituents is 1.